The van der Waals surface area contributed by atoms with E-state index in [1.165, 1.54) is 11.1 Å². The van der Waals surface area contributed by atoms with E-state index in [2.05, 4.69) is 41.3 Å². The van der Waals surface area contributed by atoms with Gasteiger partial charge in [-0.15, -0.1) is 0 Å². The lowest BCUT2D eigenvalue weighted by Crippen LogP contribution is -2.33. The minimum atomic E-state index is 0.592. The summed E-state index contributed by atoms with van der Waals surface area (Å²) < 4.78 is 12.0. The molecule has 3 nitrogen and oxygen atoms in total. The predicted octanol–water partition coefficient (Wildman–Crippen LogP) is 4.87. The van der Waals surface area contributed by atoms with E-state index in [4.69, 9.17) is 9.47 Å². The molecule has 0 radical (unpaired) electrons. The molecule has 25 heavy (non-hydrogen) atoms. The summed E-state index contributed by atoms with van der Waals surface area (Å²) in [5, 5.41) is 0. The molecule has 0 saturated carbocycles. The second-order valence-corrected chi connectivity index (χ2v) is 6.22. The van der Waals surface area contributed by atoms with Crippen LogP contribution in [0.3, 0.4) is 0 Å². The Bertz CT molecular complexity index is 818. The van der Waals surface area contributed by atoms with Crippen LogP contribution in [0.25, 0.3) is 0 Å². The van der Waals surface area contributed by atoms with Gasteiger partial charge in [0.2, 0.25) is 0 Å². The molecular formula is C22H21NO2. The van der Waals surface area contributed by atoms with Crippen LogP contribution in [0.4, 0.5) is 0 Å². The normalized spacial score (nSPS) is 13.8. The summed E-state index contributed by atoms with van der Waals surface area (Å²) in [4.78, 5) is 2.32. The molecule has 1 aliphatic heterocycles. The van der Waals surface area contributed by atoms with Crippen LogP contribution in [-0.4, -0.2) is 18.2 Å². The van der Waals surface area contributed by atoms with E-state index in [0.29, 0.717) is 6.73 Å². The number of fused-ring (bicyclic) bond motifs is 1. The van der Waals surface area contributed by atoms with Crippen molar-refractivity contribution in [2.75, 3.05) is 13.3 Å². The first-order valence-corrected chi connectivity index (χ1v) is 8.62. The molecule has 0 unspecified atom stereocenters. The van der Waals surface area contributed by atoms with Crippen molar-refractivity contribution in [3.8, 4) is 17.2 Å². The van der Waals surface area contributed by atoms with Gasteiger partial charge in [-0.05, 0) is 30.2 Å². The average molecular weight is 331 g/mol. The summed E-state index contributed by atoms with van der Waals surface area (Å²) in [6.45, 7) is 2.45. The molecule has 0 saturated heterocycles. The van der Waals surface area contributed by atoms with Gasteiger partial charge in [-0.2, -0.15) is 0 Å². The summed E-state index contributed by atoms with van der Waals surface area (Å²) >= 11 is 0. The number of hydrogen-bond donors (Lipinski definition) is 0. The van der Waals surface area contributed by atoms with Crippen LogP contribution in [0.15, 0.2) is 78.9 Å². The van der Waals surface area contributed by atoms with Gasteiger partial charge in [-0.25, -0.2) is 0 Å². The Balaban J connectivity index is 1.44. The summed E-state index contributed by atoms with van der Waals surface area (Å²) in [5.41, 5.74) is 2.53. The van der Waals surface area contributed by atoms with Crippen molar-refractivity contribution in [2.24, 2.45) is 0 Å². The van der Waals surface area contributed by atoms with Crippen LogP contribution in [0.2, 0.25) is 0 Å². The van der Waals surface area contributed by atoms with Crippen molar-refractivity contribution in [3.63, 3.8) is 0 Å². The lowest BCUT2D eigenvalue weighted by Gasteiger charge is -2.30. The Labute approximate surface area is 148 Å². The third kappa shape index (κ3) is 3.83. The predicted molar refractivity (Wildman–Crippen MR) is 99.0 cm³/mol. The third-order valence-electron chi connectivity index (χ3n) is 4.38. The molecular weight excluding hydrogens is 310 g/mol. The van der Waals surface area contributed by atoms with E-state index in [1.54, 1.807) is 0 Å². The molecule has 0 atom stereocenters. The monoisotopic (exact) mass is 331 g/mol. The Kier molecular flexibility index (Phi) is 4.66. The van der Waals surface area contributed by atoms with Crippen molar-refractivity contribution < 1.29 is 9.47 Å². The smallest absolute Gasteiger partial charge is 0.169 e. The van der Waals surface area contributed by atoms with Crippen molar-refractivity contribution in [1.29, 1.82) is 0 Å². The molecule has 0 aromatic heterocycles. The Hall–Kier alpha value is -2.78. The van der Waals surface area contributed by atoms with Gasteiger partial charge in [0.05, 0.1) is 0 Å². The van der Waals surface area contributed by atoms with Gasteiger partial charge >= 0.3 is 0 Å². The SMILES string of the molecule is c1ccc(CCN2COc3c(cccc3Oc3ccccc3)C2)cc1. The number of rotatable bonds is 5. The van der Waals surface area contributed by atoms with Crippen molar-refractivity contribution in [3.05, 3.63) is 90.0 Å². The molecule has 3 heteroatoms. The Morgan fingerprint density at radius 1 is 0.840 bits per heavy atom. The van der Waals surface area contributed by atoms with E-state index in [9.17, 15) is 0 Å². The van der Waals surface area contributed by atoms with E-state index < -0.39 is 0 Å². The second kappa shape index (κ2) is 7.41. The molecule has 0 amide bonds. The van der Waals surface area contributed by atoms with E-state index in [1.807, 2.05) is 42.5 Å². The summed E-state index contributed by atoms with van der Waals surface area (Å²) in [6.07, 6.45) is 1.03. The highest BCUT2D eigenvalue weighted by molar-refractivity contribution is 5.49. The van der Waals surface area contributed by atoms with Gasteiger partial charge in [0.25, 0.3) is 0 Å². The maximum atomic E-state index is 6.03. The molecule has 0 aliphatic carbocycles. The van der Waals surface area contributed by atoms with Crippen molar-refractivity contribution in [1.82, 2.24) is 4.90 Å². The summed E-state index contributed by atoms with van der Waals surface area (Å²) in [5.74, 6) is 2.47. The van der Waals surface area contributed by atoms with Gasteiger partial charge in [0.15, 0.2) is 11.5 Å². The van der Waals surface area contributed by atoms with Crippen LogP contribution >= 0.6 is 0 Å². The fourth-order valence-electron chi connectivity index (χ4n) is 3.06. The number of ether oxygens (including phenoxy) is 2. The van der Waals surface area contributed by atoms with Gasteiger partial charge in [-0.3, -0.25) is 4.90 Å². The highest BCUT2D eigenvalue weighted by Gasteiger charge is 2.20. The van der Waals surface area contributed by atoms with Gasteiger partial charge in [0, 0.05) is 18.7 Å². The first-order valence-electron chi connectivity index (χ1n) is 8.62. The van der Waals surface area contributed by atoms with E-state index in [0.717, 1.165) is 36.8 Å². The Morgan fingerprint density at radius 3 is 2.40 bits per heavy atom. The molecule has 0 N–H and O–H groups in total. The quantitative estimate of drug-likeness (QED) is 0.665. The lowest BCUT2D eigenvalue weighted by molar-refractivity contribution is 0.0937. The van der Waals surface area contributed by atoms with Crippen LogP contribution in [0.5, 0.6) is 17.2 Å². The van der Waals surface area contributed by atoms with Gasteiger partial charge in [-0.1, -0.05) is 60.7 Å². The minimum absolute atomic E-state index is 0.592. The summed E-state index contributed by atoms with van der Waals surface area (Å²) in [7, 11) is 0. The highest BCUT2D eigenvalue weighted by Crippen LogP contribution is 2.37. The van der Waals surface area contributed by atoms with E-state index in [-0.39, 0.29) is 0 Å². The maximum Gasteiger partial charge on any atom is 0.169 e. The largest absolute Gasteiger partial charge is 0.474 e. The molecule has 0 fully saturated rings. The zero-order valence-electron chi connectivity index (χ0n) is 14.1. The lowest BCUT2D eigenvalue weighted by atomic mass is 10.1. The second-order valence-electron chi connectivity index (χ2n) is 6.22. The fourth-order valence-corrected chi connectivity index (χ4v) is 3.06. The first kappa shape index (κ1) is 15.7. The van der Waals surface area contributed by atoms with Crippen molar-refractivity contribution >= 4 is 0 Å². The number of nitrogens with zero attached hydrogens (tertiary/aromatic N) is 1. The standard InChI is InChI=1S/C22H21NO2/c1-3-8-18(9-4-1)14-15-23-16-19-10-7-13-21(22(19)24-17-23)25-20-11-5-2-6-12-20/h1-13H,14-17H2. The molecule has 3 aromatic carbocycles. The van der Waals surface area contributed by atoms with Crippen LogP contribution < -0.4 is 9.47 Å². The average Bonchev–Trinajstić information content (AvgIpc) is 2.68. The number of para-hydroxylation sites is 2. The van der Waals surface area contributed by atoms with Crippen LogP contribution in [-0.2, 0) is 13.0 Å². The van der Waals surface area contributed by atoms with Crippen LogP contribution in [0, 0.1) is 0 Å². The van der Waals surface area contributed by atoms with E-state index >= 15 is 0 Å². The van der Waals surface area contributed by atoms with Gasteiger partial charge < -0.3 is 9.47 Å². The minimum Gasteiger partial charge on any atom is -0.474 e. The zero-order valence-corrected chi connectivity index (χ0v) is 14.1. The molecule has 4 rings (SSSR count). The molecule has 0 bridgehead atoms. The molecule has 0 spiro atoms. The van der Waals surface area contributed by atoms with Crippen molar-refractivity contribution in [2.45, 2.75) is 13.0 Å². The first-order chi connectivity index (χ1) is 12.4. The van der Waals surface area contributed by atoms with Crippen LogP contribution in [0.1, 0.15) is 11.1 Å². The number of hydrogen-bond acceptors (Lipinski definition) is 3. The topological polar surface area (TPSA) is 21.7 Å². The number of benzene rings is 3. The highest BCUT2D eigenvalue weighted by atomic mass is 16.5. The third-order valence-corrected chi connectivity index (χ3v) is 4.38. The molecule has 1 aliphatic rings. The summed E-state index contributed by atoms with van der Waals surface area (Å²) in [6, 6.07) is 26.5. The Morgan fingerprint density at radius 2 is 1.60 bits per heavy atom. The maximum absolute atomic E-state index is 6.03. The van der Waals surface area contributed by atoms with Gasteiger partial charge in [0.1, 0.15) is 12.5 Å². The molecule has 1 heterocycles. The molecule has 3 aromatic rings. The zero-order chi connectivity index (χ0) is 16.9. The fraction of sp³-hybridized carbons (Fsp3) is 0.182. The molecule has 126 valence electrons.